The second kappa shape index (κ2) is 6.04. The van der Waals surface area contributed by atoms with Gasteiger partial charge in [-0.2, -0.15) is 0 Å². The summed E-state index contributed by atoms with van der Waals surface area (Å²) < 4.78 is 10.5. The molecule has 0 saturated carbocycles. The fourth-order valence-electron chi connectivity index (χ4n) is 2.12. The van der Waals surface area contributed by atoms with Crippen LogP contribution in [0.5, 0.6) is 5.75 Å². The van der Waals surface area contributed by atoms with Crippen LogP contribution in [-0.4, -0.2) is 37.4 Å². The van der Waals surface area contributed by atoms with Crippen molar-refractivity contribution in [3.8, 4) is 5.75 Å². The maximum atomic E-state index is 11.5. The second-order valence-electron chi connectivity index (χ2n) is 4.54. The monoisotopic (exact) mass is 265 g/mol. The van der Waals surface area contributed by atoms with Crippen LogP contribution >= 0.6 is 0 Å². The molecule has 0 spiro atoms. The molecule has 1 aliphatic heterocycles. The van der Waals surface area contributed by atoms with Crippen LogP contribution in [0.25, 0.3) is 0 Å². The SMILES string of the molecule is CCOCC(=O)NC[C@@]1(O)CCOc2ccccc21. The molecule has 5 nitrogen and oxygen atoms in total. The lowest BCUT2D eigenvalue weighted by atomic mass is 9.88. The maximum Gasteiger partial charge on any atom is 0.246 e. The van der Waals surface area contributed by atoms with Gasteiger partial charge in [-0.15, -0.1) is 0 Å². The number of ether oxygens (including phenoxy) is 2. The molecule has 2 rings (SSSR count). The number of para-hydroxylation sites is 1. The summed E-state index contributed by atoms with van der Waals surface area (Å²) in [5.74, 6) is 0.453. The normalized spacial score (nSPS) is 21.4. The number of carbonyl (C=O) groups excluding carboxylic acids is 1. The molecular weight excluding hydrogens is 246 g/mol. The van der Waals surface area contributed by atoms with Crippen LogP contribution in [0.2, 0.25) is 0 Å². The Morgan fingerprint density at radius 1 is 1.53 bits per heavy atom. The zero-order valence-electron chi connectivity index (χ0n) is 11.0. The lowest BCUT2D eigenvalue weighted by Crippen LogP contribution is -2.44. The Hall–Kier alpha value is -1.59. The van der Waals surface area contributed by atoms with E-state index in [1.807, 2.05) is 31.2 Å². The summed E-state index contributed by atoms with van der Waals surface area (Å²) in [5, 5.41) is 13.4. The number of amides is 1. The Balaban J connectivity index is 2.01. The van der Waals surface area contributed by atoms with Gasteiger partial charge >= 0.3 is 0 Å². The van der Waals surface area contributed by atoms with Gasteiger partial charge in [0.15, 0.2) is 0 Å². The Morgan fingerprint density at radius 2 is 2.32 bits per heavy atom. The predicted molar refractivity (Wildman–Crippen MR) is 70.0 cm³/mol. The molecule has 0 aliphatic carbocycles. The van der Waals surface area contributed by atoms with Crippen molar-refractivity contribution >= 4 is 5.91 Å². The third-order valence-electron chi connectivity index (χ3n) is 3.18. The van der Waals surface area contributed by atoms with Crippen molar-refractivity contribution in [2.45, 2.75) is 18.9 Å². The van der Waals surface area contributed by atoms with Gasteiger partial charge in [0.05, 0.1) is 13.2 Å². The molecule has 1 atom stereocenters. The van der Waals surface area contributed by atoms with Crippen molar-refractivity contribution in [2.24, 2.45) is 0 Å². The minimum absolute atomic E-state index is 0.0186. The number of fused-ring (bicyclic) bond motifs is 1. The Morgan fingerprint density at radius 3 is 3.11 bits per heavy atom. The highest BCUT2D eigenvalue weighted by Gasteiger charge is 2.35. The fourth-order valence-corrected chi connectivity index (χ4v) is 2.12. The minimum Gasteiger partial charge on any atom is -0.493 e. The van der Waals surface area contributed by atoms with Crippen molar-refractivity contribution in [1.29, 1.82) is 0 Å². The van der Waals surface area contributed by atoms with Gasteiger partial charge < -0.3 is 19.9 Å². The first-order valence-electron chi connectivity index (χ1n) is 6.45. The summed E-state index contributed by atoms with van der Waals surface area (Å²) in [6.45, 7) is 2.95. The summed E-state index contributed by atoms with van der Waals surface area (Å²) >= 11 is 0. The molecule has 1 amide bonds. The quantitative estimate of drug-likeness (QED) is 0.826. The molecule has 0 radical (unpaired) electrons. The molecule has 1 aromatic carbocycles. The molecule has 0 fully saturated rings. The molecule has 19 heavy (non-hydrogen) atoms. The molecule has 0 saturated heterocycles. The molecule has 0 aromatic heterocycles. The number of hydrogen-bond donors (Lipinski definition) is 2. The van der Waals surface area contributed by atoms with E-state index in [-0.39, 0.29) is 19.1 Å². The number of aliphatic hydroxyl groups is 1. The number of rotatable bonds is 5. The maximum absolute atomic E-state index is 11.5. The predicted octanol–water partition coefficient (Wildman–Crippen LogP) is 0.809. The van der Waals surface area contributed by atoms with E-state index in [1.54, 1.807) is 0 Å². The molecule has 5 heteroatoms. The summed E-state index contributed by atoms with van der Waals surface area (Å²) in [6, 6.07) is 7.35. The van der Waals surface area contributed by atoms with Gasteiger partial charge in [0.1, 0.15) is 18.0 Å². The van der Waals surface area contributed by atoms with Crippen molar-refractivity contribution < 1.29 is 19.4 Å². The third-order valence-corrected chi connectivity index (χ3v) is 3.18. The van der Waals surface area contributed by atoms with Crippen LogP contribution in [0.15, 0.2) is 24.3 Å². The fraction of sp³-hybridized carbons (Fsp3) is 0.500. The molecule has 104 valence electrons. The number of nitrogens with one attached hydrogen (secondary N) is 1. The zero-order valence-corrected chi connectivity index (χ0v) is 11.0. The van der Waals surface area contributed by atoms with E-state index in [0.717, 1.165) is 5.56 Å². The first kappa shape index (κ1) is 13.8. The van der Waals surface area contributed by atoms with Gasteiger partial charge in [-0.05, 0) is 13.0 Å². The first-order chi connectivity index (χ1) is 9.15. The zero-order chi connectivity index (χ0) is 13.7. The van der Waals surface area contributed by atoms with Crippen molar-refractivity contribution in [3.05, 3.63) is 29.8 Å². The largest absolute Gasteiger partial charge is 0.493 e. The molecule has 1 aromatic rings. The lowest BCUT2D eigenvalue weighted by molar-refractivity contribution is -0.127. The van der Waals surface area contributed by atoms with Crippen LogP contribution in [0.4, 0.5) is 0 Å². The van der Waals surface area contributed by atoms with Gasteiger partial charge in [-0.1, -0.05) is 18.2 Å². The minimum atomic E-state index is -1.07. The Labute approximate surface area is 112 Å². The average Bonchev–Trinajstić information content (AvgIpc) is 2.44. The van der Waals surface area contributed by atoms with E-state index in [2.05, 4.69) is 5.32 Å². The Kier molecular flexibility index (Phi) is 4.39. The summed E-state index contributed by atoms with van der Waals surface area (Å²) in [6.07, 6.45) is 0.457. The van der Waals surface area contributed by atoms with Crippen LogP contribution < -0.4 is 10.1 Å². The van der Waals surface area contributed by atoms with Crippen LogP contribution in [0.3, 0.4) is 0 Å². The molecule has 0 unspecified atom stereocenters. The standard InChI is InChI=1S/C14H19NO4/c1-2-18-9-13(16)15-10-14(17)7-8-19-12-6-4-3-5-11(12)14/h3-6,17H,2,7-10H2,1H3,(H,15,16)/t14-/m0/s1. The van der Waals surface area contributed by atoms with Gasteiger partial charge in [0.25, 0.3) is 0 Å². The van der Waals surface area contributed by atoms with E-state index in [1.165, 1.54) is 0 Å². The summed E-state index contributed by atoms with van der Waals surface area (Å²) in [5.41, 5.74) is -0.352. The lowest BCUT2D eigenvalue weighted by Gasteiger charge is -2.34. The second-order valence-corrected chi connectivity index (χ2v) is 4.54. The first-order valence-corrected chi connectivity index (χ1v) is 6.45. The highest BCUT2D eigenvalue weighted by Crippen LogP contribution is 2.36. The van der Waals surface area contributed by atoms with Gasteiger partial charge in [0.2, 0.25) is 5.91 Å². The molecule has 1 aliphatic rings. The number of benzene rings is 1. The molecule has 0 bridgehead atoms. The van der Waals surface area contributed by atoms with Crippen LogP contribution in [-0.2, 0) is 15.1 Å². The highest BCUT2D eigenvalue weighted by atomic mass is 16.5. The molecular formula is C14H19NO4. The third kappa shape index (κ3) is 3.24. The van der Waals surface area contributed by atoms with E-state index in [0.29, 0.717) is 25.4 Å². The van der Waals surface area contributed by atoms with Gasteiger partial charge in [-0.25, -0.2) is 0 Å². The molecule has 1 heterocycles. The average molecular weight is 265 g/mol. The van der Waals surface area contributed by atoms with Crippen molar-refractivity contribution in [2.75, 3.05) is 26.4 Å². The Bertz CT molecular complexity index is 449. The van der Waals surface area contributed by atoms with Crippen molar-refractivity contribution in [1.82, 2.24) is 5.32 Å². The highest BCUT2D eigenvalue weighted by molar-refractivity contribution is 5.77. The smallest absolute Gasteiger partial charge is 0.246 e. The van der Waals surface area contributed by atoms with E-state index >= 15 is 0 Å². The van der Waals surface area contributed by atoms with Crippen LogP contribution in [0, 0.1) is 0 Å². The summed E-state index contributed by atoms with van der Waals surface area (Å²) in [4.78, 5) is 11.5. The van der Waals surface area contributed by atoms with E-state index < -0.39 is 5.60 Å². The number of hydrogen-bond acceptors (Lipinski definition) is 4. The van der Waals surface area contributed by atoms with Gasteiger partial charge in [-0.3, -0.25) is 4.79 Å². The van der Waals surface area contributed by atoms with Crippen LogP contribution in [0.1, 0.15) is 18.9 Å². The topological polar surface area (TPSA) is 67.8 Å². The number of carbonyl (C=O) groups is 1. The van der Waals surface area contributed by atoms with E-state index in [9.17, 15) is 9.90 Å². The van der Waals surface area contributed by atoms with Gasteiger partial charge in [0, 0.05) is 18.6 Å². The molecule has 2 N–H and O–H groups in total. The van der Waals surface area contributed by atoms with E-state index in [4.69, 9.17) is 9.47 Å². The summed E-state index contributed by atoms with van der Waals surface area (Å²) in [7, 11) is 0. The van der Waals surface area contributed by atoms with Crippen molar-refractivity contribution in [3.63, 3.8) is 0 Å².